The SMILES string of the molecule is COc1ccc(C(O)c2ccc(COC3CCCCC3)cc2)c(OC)c1. The van der Waals surface area contributed by atoms with Crippen LogP contribution in [0.5, 0.6) is 11.5 Å². The highest BCUT2D eigenvalue weighted by Crippen LogP contribution is 2.33. The van der Waals surface area contributed by atoms with Crippen molar-refractivity contribution in [1.29, 1.82) is 0 Å². The highest BCUT2D eigenvalue weighted by atomic mass is 16.5. The number of methoxy groups -OCH3 is 2. The molecule has 1 saturated carbocycles. The molecular formula is C22H28O4. The Kier molecular flexibility index (Phi) is 6.53. The molecule has 0 bridgehead atoms. The Morgan fingerprint density at radius 2 is 1.69 bits per heavy atom. The van der Waals surface area contributed by atoms with E-state index in [4.69, 9.17) is 14.2 Å². The van der Waals surface area contributed by atoms with Gasteiger partial charge < -0.3 is 19.3 Å². The summed E-state index contributed by atoms with van der Waals surface area (Å²) < 4.78 is 16.6. The molecule has 4 heteroatoms. The fourth-order valence-corrected chi connectivity index (χ4v) is 3.47. The molecule has 0 saturated heterocycles. The van der Waals surface area contributed by atoms with Crippen molar-refractivity contribution in [1.82, 2.24) is 0 Å². The summed E-state index contributed by atoms with van der Waals surface area (Å²) in [6, 6.07) is 13.4. The lowest BCUT2D eigenvalue weighted by Gasteiger charge is -2.22. The van der Waals surface area contributed by atoms with Gasteiger partial charge in [0.15, 0.2) is 0 Å². The van der Waals surface area contributed by atoms with Crippen molar-refractivity contribution in [3.05, 3.63) is 59.2 Å². The van der Waals surface area contributed by atoms with Crippen LogP contribution in [-0.4, -0.2) is 25.4 Å². The van der Waals surface area contributed by atoms with Gasteiger partial charge in [-0.2, -0.15) is 0 Å². The number of ether oxygens (including phenoxy) is 3. The third-order valence-corrected chi connectivity index (χ3v) is 5.07. The first kappa shape index (κ1) is 18.7. The highest BCUT2D eigenvalue weighted by Gasteiger charge is 2.17. The second-order valence-corrected chi connectivity index (χ2v) is 6.82. The molecule has 1 aliphatic carbocycles. The number of hydrogen-bond acceptors (Lipinski definition) is 4. The van der Waals surface area contributed by atoms with Gasteiger partial charge in [-0.05, 0) is 36.1 Å². The van der Waals surface area contributed by atoms with Crippen LogP contribution in [0.1, 0.15) is 54.9 Å². The maximum Gasteiger partial charge on any atom is 0.128 e. The lowest BCUT2D eigenvalue weighted by atomic mass is 9.97. The van der Waals surface area contributed by atoms with Gasteiger partial charge in [0.25, 0.3) is 0 Å². The Hall–Kier alpha value is -2.04. The molecule has 2 aromatic rings. The monoisotopic (exact) mass is 356 g/mol. The van der Waals surface area contributed by atoms with Crippen molar-refractivity contribution >= 4 is 0 Å². The van der Waals surface area contributed by atoms with E-state index < -0.39 is 6.10 Å². The maximum absolute atomic E-state index is 10.7. The molecule has 1 atom stereocenters. The fraction of sp³-hybridized carbons (Fsp3) is 0.455. The molecule has 140 valence electrons. The second kappa shape index (κ2) is 9.06. The summed E-state index contributed by atoms with van der Waals surface area (Å²) in [6.07, 6.45) is 5.89. The molecule has 3 rings (SSSR count). The van der Waals surface area contributed by atoms with Crippen LogP contribution in [0.4, 0.5) is 0 Å². The molecule has 0 radical (unpaired) electrons. The summed E-state index contributed by atoms with van der Waals surface area (Å²) in [5.74, 6) is 1.31. The van der Waals surface area contributed by atoms with Gasteiger partial charge in [-0.1, -0.05) is 43.5 Å². The van der Waals surface area contributed by atoms with E-state index >= 15 is 0 Å². The van der Waals surface area contributed by atoms with E-state index in [0.717, 1.165) is 16.7 Å². The zero-order chi connectivity index (χ0) is 18.4. The first-order valence-corrected chi connectivity index (χ1v) is 9.31. The van der Waals surface area contributed by atoms with E-state index in [-0.39, 0.29) is 0 Å². The molecule has 1 N–H and O–H groups in total. The zero-order valence-corrected chi connectivity index (χ0v) is 15.6. The number of aliphatic hydroxyl groups is 1. The molecule has 26 heavy (non-hydrogen) atoms. The van der Waals surface area contributed by atoms with Crippen molar-refractivity contribution in [3.8, 4) is 11.5 Å². The summed E-state index contributed by atoms with van der Waals surface area (Å²) in [4.78, 5) is 0. The molecule has 0 amide bonds. The smallest absolute Gasteiger partial charge is 0.128 e. The Labute approximate surface area is 155 Å². The molecule has 0 aromatic heterocycles. The van der Waals surface area contributed by atoms with Crippen LogP contribution in [0.25, 0.3) is 0 Å². The van der Waals surface area contributed by atoms with E-state index in [9.17, 15) is 5.11 Å². The fourth-order valence-electron chi connectivity index (χ4n) is 3.47. The van der Waals surface area contributed by atoms with Gasteiger partial charge in [0, 0.05) is 11.6 Å². The third kappa shape index (κ3) is 4.57. The van der Waals surface area contributed by atoms with Crippen LogP contribution in [0, 0.1) is 0 Å². The van der Waals surface area contributed by atoms with Gasteiger partial charge in [0.1, 0.15) is 17.6 Å². The minimum Gasteiger partial charge on any atom is -0.497 e. The average molecular weight is 356 g/mol. The molecule has 0 spiro atoms. The van der Waals surface area contributed by atoms with Crippen molar-refractivity contribution in [2.24, 2.45) is 0 Å². The molecule has 0 heterocycles. The van der Waals surface area contributed by atoms with Gasteiger partial charge in [-0.25, -0.2) is 0 Å². The summed E-state index contributed by atoms with van der Waals surface area (Å²) in [6.45, 7) is 0.632. The van der Waals surface area contributed by atoms with Crippen molar-refractivity contribution in [3.63, 3.8) is 0 Å². The normalized spacial score (nSPS) is 16.3. The molecule has 1 fully saturated rings. The maximum atomic E-state index is 10.7. The van der Waals surface area contributed by atoms with Gasteiger partial charge in [0.2, 0.25) is 0 Å². The van der Waals surface area contributed by atoms with E-state index in [2.05, 4.69) is 0 Å². The van der Waals surface area contributed by atoms with Gasteiger partial charge in [0.05, 0.1) is 26.9 Å². The average Bonchev–Trinajstić information content (AvgIpc) is 2.72. The van der Waals surface area contributed by atoms with Gasteiger partial charge in [-0.3, -0.25) is 0 Å². The predicted molar refractivity (Wildman–Crippen MR) is 102 cm³/mol. The van der Waals surface area contributed by atoms with Crippen LogP contribution in [0.3, 0.4) is 0 Å². The Bertz CT molecular complexity index is 690. The minimum absolute atomic E-state index is 0.401. The first-order chi connectivity index (χ1) is 12.7. The number of hydrogen-bond donors (Lipinski definition) is 1. The number of benzene rings is 2. The molecule has 0 aliphatic heterocycles. The molecule has 4 nitrogen and oxygen atoms in total. The molecule has 2 aromatic carbocycles. The summed E-state index contributed by atoms with van der Waals surface area (Å²) in [5.41, 5.74) is 2.68. The molecule has 1 aliphatic rings. The first-order valence-electron chi connectivity index (χ1n) is 9.31. The van der Waals surface area contributed by atoms with Crippen molar-refractivity contribution in [2.45, 2.75) is 50.9 Å². The molecule has 1 unspecified atom stereocenters. The highest BCUT2D eigenvalue weighted by molar-refractivity contribution is 5.45. The number of aliphatic hydroxyl groups excluding tert-OH is 1. The quantitative estimate of drug-likeness (QED) is 0.785. The van der Waals surface area contributed by atoms with Crippen LogP contribution in [0.2, 0.25) is 0 Å². The summed E-state index contributed by atoms with van der Waals surface area (Å²) >= 11 is 0. The summed E-state index contributed by atoms with van der Waals surface area (Å²) in [5, 5.41) is 10.7. The Morgan fingerprint density at radius 3 is 2.35 bits per heavy atom. The van der Waals surface area contributed by atoms with E-state index in [1.165, 1.54) is 32.1 Å². The van der Waals surface area contributed by atoms with Crippen LogP contribution in [-0.2, 0) is 11.3 Å². The second-order valence-electron chi connectivity index (χ2n) is 6.82. The standard InChI is InChI=1S/C22H28O4/c1-24-19-12-13-20(21(14-19)25-2)22(23)17-10-8-16(9-11-17)15-26-18-6-4-3-5-7-18/h8-14,18,22-23H,3-7,15H2,1-2H3. The topological polar surface area (TPSA) is 47.9 Å². The Morgan fingerprint density at radius 1 is 0.962 bits per heavy atom. The van der Waals surface area contributed by atoms with Crippen LogP contribution >= 0.6 is 0 Å². The lowest BCUT2D eigenvalue weighted by molar-refractivity contribution is 0.0168. The van der Waals surface area contributed by atoms with E-state index in [1.54, 1.807) is 20.3 Å². The minimum atomic E-state index is -0.746. The summed E-state index contributed by atoms with van der Waals surface area (Å²) in [7, 11) is 3.20. The van der Waals surface area contributed by atoms with E-state index in [1.807, 2.05) is 36.4 Å². The molecular weight excluding hydrogens is 328 g/mol. The number of rotatable bonds is 7. The van der Waals surface area contributed by atoms with Gasteiger partial charge >= 0.3 is 0 Å². The van der Waals surface area contributed by atoms with Crippen LogP contribution < -0.4 is 9.47 Å². The predicted octanol–water partition coefficient (Wildman–Crippen LogP) is 4.63. The Balaban J connectivity index is 1.65. The van der Waals surface area contributed by atoms with Crippen molar-refractivity contribution < 1.29 is 19.3 Å². The van der Waals surface area contributed by atoms with Crippen LogP contribution in [0.15, 0.2) is 42.5 Å². The lowest BCUT2D eigenvalue weighted by Crippen LogP contribution is -2.16. The third-order valence-electron chi connectivity index (χ3n) is 5.07. The van der Waals surface area contributed by atoms with Gasteiger partial charge in [-0.15, -0.1) is 0 Å². The zero-order valence-electron chi connectivity index (χ0n) is 15.6. The van der Waals surface area contributed by atoms with E-state index in [0.29, 0.717) is 24.2 Å². The largest absolute Gasteiger partial charge is 0.497 e. The van der Waals surface area contributed by atoms with Crippen molar-refractivity contribution in [2.75, 3.05) is 14.2 Å².